The van der Waals surface area contributed by atoms with Crippen molar-refractivity contribution in [3.63, 3.8) is 0 Å². The third-order valence-electron chi connectivity index (χ3n) is 4.93. The van der Waals surface area contributed by atoms with Gasteiger partial charge in [0, 0.05) is 17.8 Å². The largest absolute Gasteiger partial charge is 0.352 e. The van der Waals surface area contributed by atoms with Crippen molar-refractivity contribution in [2.75, 3.05) is 11.9 Å². The smallest absolute Gasteiger partial charge is 0.254 e. The van der Waals surface area contributed by atoms with Gasteiger partial charge in [0.2, 0.25) is 5.91 Å². The quantitative estimate of drug-likeness (QED) is 0.700. The van der Waals surface area contributed by atoms with E-state index in [4.69, 9.17) is 0 Å². The maximum atomic E-state index is 12.8. The molecule has 0 spiro atoms. The highest BCUT2D eigenvalue weighted by atomic mass is 32.1. The maximum Gasteiger partial charge on any atom is 0.254 e. The van der Waals surface area contributed by atoms with E-state index < -0.39 is 0 Å². The topological polar surface area (TPSA) is 58.2 Å². The first-order valence-electron chi connectivity index (χ1n) is 9.23. The van der Waals surface area contributed by atoms with Gasteiger partial charge in [0.15, 0.2) is 0 Å². The highest BCUT2D eigenvalue weighted by Crippen LogP contribution is 2.45. The van der Waals surface area contributed by atoms with E-state index in [0.29, 0.717) is 24.8 Å². The minimum atomic E-state index is -0.0336. The first-order valence-corrected chi connectivity index (χ1v) is 10.0. The zero-order chi connectivity index (χ0) is 17.7. The molecule has 0 saturated heterocycles. The van der Waals surface area contributed by atoms with Crippen LogP contribution >= 0.6 is 11.3 Å². The molecule has 0 bridgehead atoms. The summed E-state index contributed by atoms with van der Waals surface area (Å²) in [7, 11) is 0. The Labute approximate surface area is 149 Å². The van der Waals surface area contributed by atoms with Gasteiger partial charge >= 0.3 is 0 Å². The Balaban J connectivity index is 2.34. The van der Waals surface area contributed by atoms with Crippen molar-refractivity contribution in [2.24, 2.45) is 5.92 Å². The third kappa shape index (κ3) is 4.18. The molecule has 2 atom stereocenters. The predicted molar refractivity (Wildman–Crippen MR) is 101 cm³/mol. The molecular formula is C19H30N2O2S. The van der Waals surface area contributed by atoms with Crippen molar-refractivity contribution >= 4 is 28.2 Å². The Morgan fingerprint density at radius 3 is 2.62 bits per heavy atom. The number of carbonyl (C=O) groups is 2. The molecule has 2 rings (SSSR count). The highest BCUT2D eigenvalue weighted by molar-refractivity contribution is 7.17. The van der Waals surface area contributed by atoms with Gasteiger partial charge in [-0.3, -0.25) is 9.59 Å². The van der Waals surface area contributed by atoms with Gasteiger partial charge in [-0.15, -0.1) is 11.3 Å². The predicted octanol–water partition coefficient (Wildman–Crippen LogP) is 4.70. The number of nitrogens with one attached hydrogen (secondary N) is 2. The van der Waals surface area contributed by atoms with Crippen molar-refractivity contribution in [1.29, 1.82) is 0 Å². The number of amides is 2. The van der Waals surface area contributed by atoms with Crippen LogP contribution in [0.2, 0.25) is 0 Å². The molecule has 4 nitrogen and oxygen atoms in total. The lowest BCUT2D eigenvalue weighted by Gasteiger charge is -2.27. The molecule has 0 saturated carbocycles. The summed E-state index contributed by atoms with van der Waals surface area (Å²) in [4.78, 5) is 26.2. The average Bonchev–Trinajstić information content (AvgIpc) is 2.90. The normalized spacial score (nSPS) is 19.7. The average molecular weight is 351 g/mol. The molecule has 2 amide bonds. The van der Waals surface area contributed by atoms with Crippen LogP contribution < -0.4 is 10.6 Å². The molecule has 2 unspecified atom stereocenters. The van der Waals surface area contributed by atoms with Gasteiger partial charge in [-0.2, -0.15) is 0 Å². The van der Waals surface area contributed by atoms with E-state index in [1.54, 1.807) is 11.3 Å². The number of rotatable bonds is 7. The first kappa shape index (κ1) is 19.0. The Hall–Kier alpha value is -1.36. The molecule has 134 valence electrons. The number of hydrogen-bond donors (Lipinski definition) is 2. The van der Waals surface area contributed by atoms with E-state index in [-0.39, 0.29) is 11.8 Å². The van der Waals surface area contributed by atoms with Crippen LogP contribution in [-0.4, -0.2) is 18.4 Å². The van der Waals surface area contributed by atoms with Crippen molar-refractivity contribution in [3.05, 3.63) is 16.0 Å². The minimum absolute atomic E-state index is 0.000549. The number of carbonyl (C=O) groups excluding carboxylic acids is 2. The van der Waals surface area contributed by atoms with Crippen LogP contribution in [0.3, 0.4) is 0 Å². The van der Waals surface area contributed by atoms with E-state index in [0.717, 1.165) is 42.7 Å². The van der Waals surface area contributed by atoms with Crippen molar-refractivity contribution in [2.45, 2.75) is 72.1 Å². The molecule has 1 aliphatic rings. The first-order chi connectivity index (χ1) is 11.5. The summed E-state index contributed by atoms with van der Waals surface area (Å²) < 4.78 is 0. The van der Waals surface area contributed by atoms with E-state index >= 15 is 0 Å². The Kier molecular flexibility index (Phi) is 6.84. The summed E-state index contributed by atoms with van der Waals surface area (Å²) in [6, 6.07) is 0. The summed E-state index contributed by atoms with van der Waals surface area (Å²) >= 11 is 1.60. The van der Waals surface area contributed by atoms with Gasteiger partial charge in [0.1, 0.15) is 5.00 Å². The fraction of sp³-hybridized carbons (Fsp3) is 0.684. The fourth-order valence-electron chi connectivity index (χ4n) is 3.25. The molecular weight excluding hydrogens is 320 g/mol. The van der Waals surface area contributed by atoms with Crippen LogP contribution in [-0.2, 0) is 11.2 Å². The molecule has 0 aromatic carbocycles. The molecule has 0 radical (unpaired) electrons. The second-order valence-corrected chi connectivity index (χ2v) is 7.96. The van der Waals surface area contributed by atoms with Gasteiger partial charge in [-0.25, -0.2) is 0 Å². The van der Waals surface area contributed by atoms with Gasteiger partial charge in [-0.05, 0) is 43.1 Å². The van der Waals surface area contributed by atoms with Gasteiger partial charge in [0.05, 0.1) is 5.56 Å². The number of unbranched alkanes of at least 4 members (excludes halogenated alkanes) is 1. The number of hydrogen-bond acceptors (Lipinski definition) is 3. The summed E-state index contributed by atoms with van der Waals surface area (Å²) in [5, 5.41) is 6.77. The molecule has 0 fully saturated rings. The highest BCUT2D eigenvalue weighted by Gasteiger charge is 2.32. The van der Waals surface area contributed by atoms with Crippen LogP contribution in [0.5, 0.6) is 0 Å². The summed E-state index contributed by atoms with van der Waals surface area (Å²) in [6.07, 6.45) is 5.48. The van der Waals surface area contributed by atoms with Crippen LogP contribution in [0, 0.1) is 5.92 Å². The van der Waals surface area contributed by atoms with Gasteiger partial charge < -0.3 is 10.6 Å². The summed E-state index contributed by atoms with van der Waals surface area (Å²) in [5.41, 5.74) is 1.88. The van der Waals surface area contributed by atoms with Gasteiger partial charge in [0.25, 0.3) is 5.91 Å². The molecule has 1 aromatic rings. The lowest BCUT2D eigenvalue weighted by atomic mass is 9.79. The zero-order valence-corrected chi connectivity index (χ0v) is 16.1. The monoisotopic (exact) mass is 350 g/mol. The van der Waals surface area contributed by atoms with Gasteiger partial charge in [-0.1, -0.05) is 34.1 Å². The van der Waals surface area contributed by atoms with E-state index in [1.165, 1.54) is 10.4 Å². The SMILES string of the molecule is CCCCNC(=O)c1c(NC(=O)CCC)sc2c1C(C)C(C)CC2. The van der Waals surface area contributed by atoms with Crippen LogP contribution in [0.15, 0.2) is 0 Å². The Bertz CT molecular complexity index is 594. The second kappa shape index (κ2) is 8.65. The lowest BCUT2D eigenvalue weighted by molar-refractivity contribution is -0.116. The number of fused-ring (bicyclic) bond motifs is 1. The maximum absolute atomic E-state index is 12.8. The molecule has 2 N–H and O–H groups in total. The van der Waals surface area contributed by atoms with Crippen LogP contribution in [0.1, 0.15) is 86.5 Å². The minimum Gasteiger partial charge on any atom is -0.352 e. The lowest BCUT2D eigenvalue weighted by Crippen LogP contribution is -2.28. The Morgan fingerprint density at radius 1 is 1.21 bits per heavy atom. The van der Waals surface area contributed by atoms with Crippen molar-refractivity contribution in [3.8, 4) is 0 Å². The zero-order valence-electron chi connectivity index (χ0n) is 15.3. The number of aryl methyl sites for hydroxylation is 1. The molecule has 5 heteroatoms. The van der Waals surface area contributed by atoms with Crippen molar-refractivity contribution < 1.29 is 9.59 Å². The van der Waals surface area contributed by atoms with Crippen LogP contribution in [0.25, 0.3) is 0 Å². The molecule has 1 heterocycles. The molecule has 1 aliphatic carbocycles. The third-order valence-corrected chi connectivity index (χ3v) is 6.11. The standard InChI is InChI=1S/C19H30N2O2S/c1-5-7-11-20-18(23)17-16-13(4)12(3)9-10-14(16)24-19(17)21-15(22)8-6-2/h12-13H,5-11H2,1-4H3,(H,20,23)(H,21,22). The van der Waals surface area contributed by atoms with Crippen molar-refractivity contribution in [1.82, 2.24) is 5.32 Å². The van der Waals surface area contributed by atoms with E-state index in [1.807, 2.05) is 6.92 Å². The molecule has 1 aromatic heterocycles. The molecule has 24 heavy (non-hydrogen) atoms. The number of thiophene rings is 1. The fourth-order valence-corrected chi connectivity index (χ4v) is 4.58. The van der Waals surface area contributed by atoms with E-state index in [9.17, 15) is 9.59 Å². The summed E-state index contributed by atoms with van der Waals surface area (Å²) in [6.45, 7) is 9.24. The second-order valence-electron chi connectivity index (χ2n) is 6.86. The summed E-state index contributed by atoms with van der Waals surface area (Å²) in [5.74, 6) is 0.885. The molecule has 0 aliphatic heterocycles. The Morgan fingerprint density at radius 2 is 1.96 bits per heavy atom. The number of anilines is 1. The van der Waals surface area contributed by atoms with Crippen LogP contribution in [0.4, 0.5) is 5.00 Å². The van der Waals surface area contributed by atoms with E-state index in [2.05, 4.69) is 31.4 Å².